The van der Waals surface area contributed by atoms with Crippen LogP contribution in [0.4, 0.5) is 10.5 Å². The topological polar surface area (TPSA) is 82.6 Å². The first-order valence-electron chi connectivity index (χ1n) is 6.64. The van der Waals surface area contributed by atoms with Crippen LogP contribution in [0.3, 0.4) is 0 Å². The summed E-state index contributed by atoms with van der Waals surface area (Å²) in [4.78, 5) is 11.1. The lowest BCUT2D eigenvalue weighted by Gasteiger charge is -2.15. The van der Waals surface area contributed by atoms with Gasteiger partial charge in [0.25, 0.3) is 0 Å². The molecule has 0 saturated carbocycles. The average Bonchev–Trinajstić information content (AvgIpc) is 2.44. The predicted octanol–water partition coefficient (Wildman–Crippen LogP) is 1.18. The minimum absolute atomic E-state index is 0.224. The van der Waals surface area contributed by atoms with E-state index in [4.69, 9.17) is 4.74 Å². The summed E-state index contributed by atoms with van der Waals surface area (Å²) in [6.45, 7) is 4.76. The van der Waals surface area contributed by atoms with Crippen molar-refractivity contribution in [2.24, 2.45) is 0 Å². The second-order valence-corrected chi connectivity index (χ2v) is 4.76. The third kappa shape index (κ3) is 6.40. The standard InChI is InChI=1S/C14H23N3O3/c1-10(2)16-8-12(18)9-20-13-6-4-11(5-7-13)17-14(19)15-3/h4-7,10,12,16,18H,8-9H2,1-3H3,(H2,15,17,19)/t12-/m0/s1. The largest absolute Gasteiger partial charge is 0.491 e. The number of rotatable bonds is 7. The molecule has 112 valence electrons. The van der Waals surface area contributed by atoms with Crippen molar-refractivity contribution in [3.8, 4) is 5.75 Å². The highest BCUT2D eigenvalue weighted by atomic mass is 16.5. The lowest BCUT2D eigenvalue weighted by atomic mass is 10.3. The van der Waals surface area contributed by atoms with Gasteiger partial charge < -0.3 is 25.8 Å². The quantitative estimate of drug-likeness (QED) is 0.605. The third-order valence-corrected chi connectivity index (χ3v) is 2.54. The van der Waals surface area contributed by atoms with Crippen molar-refractivity contribution in [2.45, 2.75) is 26.0 Å². The second kappa shape index (κ2) is 8.39. The first-order chi connectivity index (χ1) is 9.51. The fourth-order valence-corrected chi connectivity index (χ4v) is 1.45. The zero-order valence-electron chi connectivity index (χ0n) is 12.1. The van der Waals surface area contributed by atoms with E-state index < -0.39 is 6.10 Å². The maximum atomic E-state index is 11.1. The van der Waals surface area contributed by atoms with E-state index in [1.54, 1.807) is 31.3 Å². The molecule has 20 heavy (non-hydrogen) atoms. The van der Waals surface area contributed by atoms with Gasteiger partial charge in [0.1, 0.15) is 18.5 Å². The van der Waals surface area contributed by atoms with E-state index in [2.05, 4.69) is 16.0 Å². The molecule has 0 aliphatic rings. The maximum Gasteiger partial charge on any atom is 0.318 e. The van der Waals surface area contributed by atoms with Crippen molar-refractivity contribution in [1.29, 1.82) is 0 Å². The Bertz CT molecular complexity index is 407. The van der Waals surface area contributed by atoms with Gasteiger partial charge in [-0.2, -0.15) is 0 Å². The molecule has 0 saturated heterocycles. The molecule has 0 radical (unpaired) electrons. The predicted molar refractivity (Wildman–Crippen MR) is 79.2 cm³/mol. The number of carbonyl (C=O) groups excluding carboxylic acids is 1. The van der Waals surface area contributed by atoms with Gasteiger partial charge >= 0.3 is 6.03 Å². The number of urea groups is 1. The van der Waals surface area contributed by atoms with Crippen LogP contribution >= 0.6 is 0 Å². The fraction of sp³-hybridized carbons (Fsp3) is 0.500. The van der Waals surface area contributed by atoms with Crippen LogP contribution < -0.4 is 20.7 Å². The first-order valence-corrected chi connectivity index (χ1v) is 6.64. The Hall–Kier alpha value is -1.79. The molecule has 2 amide bonds. The fourth-order valence-electron chi connectivity index (χ4n) is 1.45. The molecule has 1 aromatic rings. The number of benzene rings is 1. The van der Waals surface area contributed by atoms with E-state index >= 15 is 0 Å². The van der Waals surface area contributed by atoms with Gasteiger partial charge in [-0.15, -0.1) is 0 Å². The molecular weight excluding hydrogens is 258 g/mol. The molecule has 1 rings (SSSR count). The van der Waals surface area contributed by atoms with Gasteiger partial charge in [0.15, 0.2) is 0 Å². The van der Waals surface area contributed by atoms with E-state index in [0.717, 1.165) is 0 Å². The summed E-state index contributed by atoms with van der Waals surface area (Å²) in [7, 11) is 1.55. The Labute approximate surface area is 119 Å². The van der Waals surface area contributed by atoms with Crippen molar-refractivity contribution in [2.75, 3.05) is 25.5 Å². The molecule has 0 heterocycles. The molecule has 0 unspecified atom stereocenters. The first kappa shape index (κ1) is 16.3. The summed E-state index contributed by atoms with van der Waals surface area (Å²) >= 11 is 0. The number of anilines is 1. The molecule has 1 atom stereocenters. The van der Waals surface area contributed by atoms with Crippen LogP contribution in [-0.4, -0.2) is 43.5 Å². The Balaban J connectivity index is 2.36. The lowest BCUT2D eigenvalue weighted by molar-refractivity contribution is 0.104. The van der Waals surface area contributed by atoms with E-state index in [1.807, 2.05) is 13.8 Å². The lowest BCUT2D eigenvalue weighted by Crippen LogP contribution is -2.35. The van der Waals surface area contributed by atoms with E-state index in [9.17, 15) is 9.90 Å². The van der Waals surface area contributed by atoms with Crippen molar-refractivity contribution in [1.82, 2.24) is 10.6 Å². The number of carbonyl (C=O) groups is 1. The minimum Gasteiger partial charge on any atom is -0.491 e. The summed E-state index contributed by atoms with van der Waals surface area (Å²) in [6, 6.07) is 7.03. The Morgan fingerprint density at radius 3 is 2.50 bits per heavy atom. The number of aliphatic hydroxyl groups excluding tert-OH is 1. The summed E-state index contributed by atoms with van der Waals surface area (Å²) in [6.07, 6.45) is -0.555. The van der Waals surface area contributed by atoms with Crippen LogP contribution in [0.2, 0.25) is 0 Å². The molecule has 4 N–H and O–H groups in total. The number of ether oxygens (including phenoxy) is 1. The maximum absolute atomic E-state index is 11.1. The molecular formula is C14H23N3O3. The normalized spacial score (nSPS) is 12.1. The molecule has 0 bridgehead atoms. The van der Waals surface area contributed by atoms with E-state index in [-0.39, 0.29) is 12.6 Å². The van der Waals surface area contributed by atoms with Crippen molar-refractivity contribution in [3.63, 3.8) is 0 Å². The molecule has 0 aliphatic carbocycles. The van der Waals surface area contributed by atoms with Crippen LogP contribution in [0, 0.1) is 0 Å². The van der Waals surface area contributed by atoms with Crippen molar-refractivity contribution < 1.29 is 14.6 Å². The highest BCUT2D eigenvalue weighted by Crippen LogP contribution is 2.15. The Morgan fingerprint density at radius 1 is 1.30 bits per heavy atom. The Kier molecular flexibility index (Phi) is 6.83. The zero-order valence-corrected chi connectivity index (χ0v) is 12.1. The zero-order chi connectivity index (χ0) is 15.0. The van der Waals surface area contributed by atoms with Gasteiger partial charge in [-0.05, 0) is 24.3 Å². The summed E-state index contributed by atoms with van der Waals surface area (Å²) in [5.74, 6) is 0.649. The molecule has 6 nitrogen and oxygen atoms in total. The molecule has 0 fully saturated rings. The summed E-state index contributed by atoms with van der Waals surface area (Å²) < 4.78 is 5.47. The van der Waals surface area contributed by atoms with Crippen LogP contribution in [0.25, 0.3) is 0 Å². The van der Waals surface area contributed by atoms with Crippen LogP contribution in [-0.2, 0) is 0 Å². The molecule has 0 spiro atoms. The van der Waals surface area contributed by atoms with Crippen LogP contribution in [0.5, 0.6) is 5.75 Å². The number of hydrogen-bond donors (Lipinski definition) is 4. The third-order valence-electron chi connectivity index (χ3n) is 2.54. The minimum atomic E-state index is -0.555. The van der Waals surface area contributed by atoms with Crippen molar-refractivity contribution in [3.05, 3.63) is 24.3 Å². The molecule has 0 aliphatic heterocycles. The second-order valence-electron chi connectivity index (χ2n) is 4.76. The van der Waals surface area contributed by atoms with Gasteiger partial charge in [-0.3, -0.25) is 0 Å². The van der Waals surface area contributed by atoms with Gasteiger partial charge in [0.2, 0.25) is 0 Å². The van der Waals surface area contributed by atoms with Gasteiger partial charge in [0, 0.05) is 25.3 Å². The highest BCUT2D eigenvalue weighted by Gasteiger charge is 2.06. The number of amides is 2. The summed E-state index contributed by atoms with van der Waals surface area (Å²) in [5.41, 5.74) is 0.679. The number of aliphatic hydroxyl groups is 1. The number of nitrogens with one attached hydrogen (secondary N) is 3. The van der Waals surface area contributed by atoms with E-state index in [1.165, 1.54) is 0 Å². The molecule has 0 aromatic heterocycles. The van der Waals surface area contributed by atoms with Gasteiger partial charge in [-0.1, -0.05) is 13.8 Å². The highest BCUT2D eigenvalue weighted by molar-refractivity contribution is 5.88. The van der Waals surface area contributed by atoms with E-state index in [0.29, 0.717) is 24.0 Å². The molecule has 6 heteroatoms. The SMILES string of the molecule is CNC(=O)Nc1ccc(OC[C@@H](O)CNC(C)C)cc1. The van der Waals surface area contributed by atoms with Gasteiger partial charge in [0.05, 0.1) is 0 Å². The summed E-state index contributed by atoms with van der Waals surface area (Å²) in [5, 5.41) is 18.0. The average molecular weight is 281 g/mol. The molecule has 1 aromatic carbocycles. The smallest absolute Gasteiger partial charge is 0.318 e. The number of hydrogen-bond acceptors (Lipinski definition) is 4. The monoisotopic (exact) mass is 281 g/mol. The van der Waals surface area contributed by atoms with Gasteiger partial charge in [-0.25, -0.2) is 4.79 Å². The van der Waals surface area contributed by atoms with Crippen LogP contribution in [0.1, 0.15) is 13.8 Å². The Morgan fingerprint density at radius 2 is 1.95 bits per heavy atom. The van der Waals surface area contributed by atoms with Crippen molar-refractivity contribution >= 4 is 11.7 Å². The van der Waals surface area contributed by atoms with Crippen LogP contribution in [0.15, 0.2) is 24.3 Å².